The summed E-state index contributed by atoms with van der Waals surface area (Å²) in [6.07, 6.45) is 0. The van der Waals surface area contributed by atoms with Crippen LogP contribution in [-0.2, 0) is 16.1 Å². The topological polar surface area (TPSA) is 67.9 Å². The summed E-state index contributed by atoms with van der Waals surface area (Å²) in [5.41, 5.74) is 3.69. The average Bonchev–Trinajstić information content (AvgIpc) is 2.72. The first kappa shape index (κ1) is 25.2. The van der Waals surface area contributed by atoms with Crippen molar-refractivity contribution in [3.8, 4) is 11.5 Å². The minimum absolute atomic E-state index is 0.146. The van der Waals surface area contributed by atoms with E-state index in [4.69, 9.17) is 9.47 Å². The third-order valence-electron chi connectivity index (χ3n) is 5.29. The van der Waals surface area contributed by atoms with E-state index in [0.29, 0.717) is 5.75 Å². The van der Waals surface area contributed by atoms with E-state index < -0.39 is 11.6 Å². The van der Waals surface area contributed by atoms with Gasteiger partial charge in [-0.2, -0.15) is 0 Å². The molecule has 0 spiro atoms. The molecule has 6 heteroatoms. The molecule has 1 atom stereocenters. The number of hydrogen-bond acceptors (Lipinski definition) is 4. The van der Waals surface area contributed by atoms with Crippen LogP contribution in [0, 0.1) is 20.8 Å². The zero-order chi connectivity index (χ0) is 24.1. The maximum atomic E-state index is 13.2. The number of carbonyl (C=O) groups excluding carboxylic acids is 2. The Kier molecular flexibility index (Phi) is 8.31. The van der Waals surface area contributed by atoms with Gasteiger partial charge in [-0.3, -0.25) is 9.59 Å². The third-order valence-corrected chi connectivity index (χ3v) is 5.29. The van der Waals surface area contributed by atoms with E-state index in [1.54, 1.807) is 18.9 Å². The highest BCUT2D eigenvalue weighted by atomic mass is 16.5. The zero-order valence-electron chi connectivity index (χ0n) is 20.5. The van der Waals surface area contributed by atoms with Gasteiger partial charge < -0.3 is 19.7 Å². The lowest BCUT2D eigenvalue weighted by Crippen LogP contribution is -2.53. The van der Waals surface area contributed by atoms with Gasteiger partial charge in [0.1, 0.15) is 17.5 Å². The quantitative estimate of drug-likeness (QED) is 0.663. The van der Waals surface area contributed by atoms with Crippen LogP contribution in [0.2, 0.25) is 0 Å². The number of aryl methyl sites for hydroxylation is 2. The summed E-state index contributed by atoms with van der Waals surface area (Å²) in [7, 11) is 1.61. The molecule has 2 aromatic carbocycles. The lowest BCUT2D eigenvalue weighted by atomic mass is 10.1. The smallest absolute Gasteiger partial charge is 0.261 e. The van der Waals surface area contributed by atoms with Crippen molar-refractivity contribution in [1.29, 1.82) is 0 Å². The molecule has 0 aliphatic rings. The molecule has 0 aliphatic carbocycles. The molecule has 0 heterocycles. The van der Waals surface area contributed by atoms with Crippen LogP contribution in [-0.4, -0.2) is 42.0 Å². The van der Waals surface area contributed by atoms with Crippen LogP contribution in [0.5, 0.6) is 11.5 Å². The maximum absolute atomic E-state index is 13.2. The van der Waals surface area contributed by atoms with Gasteiger partial charge in [0, 0.05) is 12.1 Å². The molecular weight excluding hydrogens is 404 g/mol. The van der Waals surface area contributed by atoms with Crippen molar-refractivity contribution in [3.05, 3.63) is 58.7 Å². The number of amides is 2. The number of ether oxygens (including phenoxy) is 2. The molecule has 6 nitrogen and oxygen atoms in total. The van der Waals surface area contributed by atoms with Crippen molar-refractivity contribution < 1.29 is 19.1 Å². The number of hydrogen-bond donors (Lipinski definition) is 1. The van der Waals surface area contributed by atoms with Gasteiger partial charge in [0.2, 0.25) is 5.91 Å². The molecule has 0 saturated heterocycles. The zero-order valence-corrected chi connectivity index (χ0v) is 20.5. The molecule has 32 heavy (non-hydrogen) atoms. The van der Waals surface area contributed by atoms with Gasteiger partial charge in [-0.25, -0.2) is 0 Å². The largest absolute Gasteiger partial charge is 0.497 e. The lowest BCUT2D eigenvalue weighted by molar-refractivity contribution is -0.142. The molecule has 0 bridgehead atoms. The number of methoxy groups -OCH3 is 1. The Morgan fingerprint density at radius 1 is 1.06 bits per heavy atom. The minimum atomic E-state index is -0.659. The molecule has 0 aliphatic heterocycles. The van der Waals surface area contributed by atoms with Crippen molar-refractivity contribution in [3.63, 3.8) is 0 Å². The fraction of sp³-hybridized carbons (Fsp3) is 0.462. The molecule has 0 saturated carbocycles. The van der Waals surface area contributed by atoms with Crippen molar-refractivity contribution in [2.24, 2.45) is 0 Å². The molecule has 0 unspecified atom stereocenters. The molecule has 174 valence electrons. The van der Waals surface area contributed by atoms with Gasteiger partial charge in [0.25, 0.3) is 5.91 Å². The van der Waals surface area contributed by atoms with Gasteiger partial charge in [0.05, 0.1) is 7.11 Å². The molecule has 2 amide bonds. The van der Waals surface area contributed by atoms with E-state index in [2.05, 4.69) is 11.4 Å². The van der Waals surface area contributed by atoms with Gasteiger partial charge in [0.15, 0.2) is 6.61 Å². The minimum Gasteiger partial charge on any atom is -0.497 e. The molecule has 0 radical (unpaired) electrons. The highest BCUT2D eigenvalue weighted by Gasteiger charge is 2.28. The van der Waals surface area contributed by atoms with Crippen LogP contribution in [0.1, 0.15) is 49.9 Å². The van der Waals surface area contributed by atoms with E-state index in [0.717, 1.165) is 28.0 Å². The van der Waals surface area contributed by atoms with Crippen molar-refractivity contribution in [2.45, 2.75) is 66.6 Å². The summed E-state index contributed by atoms with van der Waals surface area (Å²) in [6.45, 7) is 13.6. The van der Waals surface area contributed by atoms with E-state index in [1.165, 1.54) is 0 Å². The Morgan fingerprint density at radius 3 is 2.25 bits per heavy atom. The first-order valence-electron chi connectivity index (χ1n) is 10.9. The Morgan fingerprint density at radius 2 is 1.69 bits per heavy atom. The monoisotopic (exact) mass is 440 g/mol. The van der Waals surface area contributed by atoms with Crippen LogP contribution in [0.3, 0.4) is 0 Å². The second-order valence-corrected chi connectivity index (χ2v) is 9.28. The molecular formula is C26H36N2O4. The highest BCUT2D eigenvalue weighted by molar-refractivity contribution is 5.88. The standard InChI is InChI=1S/C26H36N2O4/c1-17-13-18(2)19(3)23(14-17)32-16-24(29)28(20(4)25(30)27-26(5,6)7)15-21-9-11-22(31-8)12-10-21/h9-14,20H,15-16H2,1-8H3,(H,27,30)/t20-/m1/s1. The molecule has 0 aromatic heterocycles. The number of benzene rings is 2. The number of nitrogens with one attached hydrogen (secondary N) is 1. The second kappa shape index (κ2) is 10.5. The van der Waals surface area contributed by atoms with Gasteiger partial charge >= 0.3 is 0 Å². The average molecular weight is 441 g/mol. The van der Waals surface area contributed by atoms with Crippen molar-refractivity contribution in [2.75, 3.05) is 13.7 Å². The van der Waals surface area contributed by atoms with Crippen molar-refractivity contribution >= 4 is 11.8 Å². The summed E-state index contributed by atoms with van der Waals surface area (Å²) in [5.74, 6) is 0.962. The summed E-state index contributed by atoms with van der Waals surface area (Å²) in [6, 6.07) is 10.8. The van der Waals surface area contributed by atoms with Gasteiger partial charge in [-0.15, -0.1) is 0 Å². The summed E-state index contributed by atoms with van der Waals surface area (Å²) >= 11 is 0. The normalized spacial score (nSPS) is 12.1. The predicted molar refractivity (Wildman–Crippen MR) is 127 cm³/mol. The summed E-state index contributed by atoms with van der Waals surface area (Å²) < 4.78 is 11.1. The number of nitrogens with zero attached hydrogens (tertiary/aromatic N) is 1. The van der Waals surface area contributed by atoms with Crippen molar-refractivity contribution in [1.82, 2.24) is 10.2 Å². The summed E-state index contributed by atoms with van der Waals surface area (Å²) in [4.78, 5) is 27.6. The van der Waals surface area contributed by atoms with E-state index in [9.17, 15) is 9.59 Å². The molecule has 1 N–H and O–H groups in total. The first-order valence-corrected chi connectivity index (χ1v) is 10.9. The number of carbonyl (C=O) groups is 2. The lowest BCUT2D eigenvalue weighted by Gasteiger charge is -2.31. The van der Waals surface area contributed by atoms with E-state index >= 15 is 0 Å². The fourth-order valence-corrected chi connectivity index (χ4v) is 3.36. The maximum Gasteiger partial charge on any atom is 0.261 e. The fourth-order valence-electron chi connectivity index (χ4n) is 3.36. The molecule has 2 aromatic rings. The third kappa shape index (κ3) is 7.01. The van der Waals surface area contributed by atoms with E-state index in [-0.39, 0.29) is 25.0 Å². The van der Waals surface area contributed by atoms with E-state index in [1.807, 2.05) is 71.9 Å². The van der Waals surface area contributed by atoms with Crippen LogP contribution in [0.25, 0.3) is 0 Å². The second-order valence-electron chi connectivity index (χ2n) is 9.28. The first-order chi connectivity index (χ1) is 14.9. The highest BCUT2D eigenvalue weighted by Crippen LogP contribution is 2.23. The van der Waals surface area contributed by atoms with Crippen LogP contribution >= 0.6 is 0 Å². The van der Waals surface area contributed by atoms with Gasteiger partial charge in [-0.05, 0) is 88.9 Å². The SMILES string of the molecule is COc1ccc(CN(C(=O)COc2cc(C)cc(C)c2C)[C@H](C)C(=O)NC(C)(C)C)cc1. The van der Waals surface area contributed by atoms with Crippen LogP contribution in [0.15, 0.2) is 36.4 Å². The Labute approximate surface area is 191 Å². The number of rotatable bonds is 8. The molecule has 2 rings (SSSR count). The Balaban J connectivity index is 2.23. The predicted octanol–water partition coefficient (Wildman–Crippen LogP) is 4.33. The van der Waals surface area contributed by atoms with Crippen LogP contribution < -0.4 is 14.8 Å². The van der Waals surface area contributed by atoms with Gasteiger partial charge in [-0.1, -0.05) is 18.2 Å². The summed E-state index contributed by atoms with van der Waals surface area (Å²) in [5, 5.41) is 2.96. The molecule has 0 fully saturated rings. The Bertz CT molecular complexity index is 946. The van der Waals surface area contributed by atoms with Crippen LogP contribution in [0.4, 0.5) is 0 Å². The Hall–Kier alpha value is -3.02.